The fourth-order valence-electron chi connectivity index (χ4n) is 3.75. The lowest BCUT2D eigenvalue weighted by atomic mass is 9.90. The maximum absolute atomic E-state index is 12.9. The van der Waals surface area contributed by atoms with Gasteiger partial charge in [-0.25, -0.2) is 0 Å². The molecule has 2 aromatic rings. The molecule has 0 unspecified atom stereocenters. The molecule has 1 spiro atoms. The normalized spacial score (nSPS) is 20.0. The molecular formula is C20H24N2O3. The minimum Gasteiger partial charge on any atom is -0.461 e. The Hall–Kier alpha value is -2.11. The Balaban J connectivity index is 1.48. The van der Waals surface area contributed by atoms with Gasteiger partial charge in [0.2, 0.25) is 0 Å². The number of benzene rings is 1. The van der Waals surface area contributed by atoms with Crippen molar-refractivity contribution in [1.82, 2.24) is 10.2 Å². The van der Waals surface area contributed by atoms with E-state index in [0.29, 0.717) is 19.7 Å². The lowest BCUT2D eigenvalue weighted by Crippen LogP contribution is -2.57. The van der Waals surface area contributed by atoms with Gasteiger partial charge >= 0.3 is 0 Å². The molecule has 5 heteroatoms. The van der Waals surface area contributed by atoms with Crippen LogP contribution in [-0.4, -0.2) is 49.2 Å². The topological polar surface area (TPSA) is 54.7 Å². The van der Waals surface area contributed by atoms with Crippen LogP contribution >= 0.6 is 0 Å². The molecule has 132 valence electrons. The maximum atomic E-state index is 12.9. The van der Waals surface area contributed by atoms with E-state index < -0.39 is 0 Å². The van der Waals surface area contributed by atoms with Gasteiger partial charge in [0.05, 0.1) is 18.8 Å². The molecule has 0 saturated carbocycles. The van der Waals surface area contributed by atoms with Crippen LogP contribution in [-0.2, 0) is 4.74 Å². The van der Waals surface area contributed by atoms with Crippen LogP contribution < -0.4 is 5.32 Å². The van der Waals surface area contributed by atoms with Crippen molar-refractivity contribution >= 4 is 5.91 Å². The first-order valence-corrected chi connectivity index (χ1v) is 8.96. The highest BCUT2D eigenvalue weighted by molar-refractivity contribution is 5.94. The van der Waals surface area contributed by atoms with Crippen molar-refractivity contribution < 1.29 is 13.9 Å². The lowest BCUT2D eigenvalue weighted by Gasteiger charge is -2.45. The number of hydrogen-bond donors (Lipinski definition) is 1. The standard InChI is InChI=1S/C20H24N2O3/c1-15-2-7-18(25-15)16-3-5-17(6-4-16)19(23)22-12-13-24-20(14-22)8-10-21-11-9-20/h2-7,21H,8-14H2,1H3. The molecule has 1 amide bonds. The first-order valence-electron chi connectivity index (χ1n) is 8.96. The number of nitrogens with one attached hydrogen (secondary N) is 1. The van der Waals surface area contributed by atoms with Gasteiger partial charge < -0.3 is 19.4 Å². The molecule has 2 fully saturated rings. The predicted molar refractivity (Wildman–Crippen MR) is 95.6 cm³/mol. The van der Waals surface area contributed by atoms with Gasteiger partial charge in [0.25, 0.3) is 5.91 Å². The van der Waals surface area contributed by atoms with Crippen LogP contribution in [0.2, 0.25) is 0 Å². The van der Waals surface area contributed by atoms with Crippen LogP contribution in [0.25, 0.3) is 11.3 Å². The smallest absolute Gasteiger partial charge is 0.254 e. The summed E-state index contributed by atoms with van der Waals surface area (Å²) in [6.07, 6.45) is 1.93. The second kappa shape index (κ2) is 6.65. The van der Waals surface area contributed by atoms with Gasteiger partial charge in [-0.2, -0.15) is 0 Å². The van der Waals surface area contributed by atoms with Crippen molar-refractivity contribution in [3.05, 3.63) is 47.7 Å². The Bertz CT molecular complexity index is 739. The average molecular weight is 340 g/mol. The molecule has 0 aliphatic carbocycles. The van der Waals surface area contributed by atoms with E-state index in [9.17, 15) is 4.79 Å². The van der Waals surface area contributed by atoms with E-state index in [2.05, 4.69) is 5.32 Å². The number of amides is 1. The number of carbonyl (C=O) groups excluding carboxylic acids is 1. The largest absolute Gasteiger partial charge is 0.461 e. The molecular weight excluding hydrogens is 316 g/mol. The third kappa shape index (κ3) is 3.34. The van der Waals surface area contributed by atoms with E-state index in [1.165, 1.54) is 0 Å². The number of aryl methyl sites for hydroxylation is 1. The van der Waals surface area contributed by atoms with E-state index in [1.807, 2.05) is 48.2 Å². The van der Waals surface area contributed by atoms with Gasteiger partial charge in [-0.05, 0) is 57.1 Å². The van der Waals surface area contributed by atoms with Gasteiger partial charge in [-0.15, -0.1) is 0 Å². The highest BCUT2D eigenvalue weighted by Gasteiger charge is 2.39. The Morgan fingerprint density at radius 2 is 1.88 bits per heavy atom. The third-order valence-electron chi connectivity index (χ3n) is 5.21. The number of hydrogen-bond acceptors (Lipinski definition) is 4. The van der Waals surface area contributed by atoms with Crippen molar-refractivity contribution in [2.75, 3.05) is 32.8 Å². The average Bonchev–Trinajstić information content (AvgIpc) is 3.08. The number of furan rings is 1. The number of rotatable bonds is 2. The van der Waals surface area contributed by atoms with Crippen LogP contribution in [0.3, 0.4) is 0 Å². The summed E-state index contributed by atoms with van der Waals surface area (Å²) in [4.78, 5) is 14.9. The lowest BCUT2D eigenvalue weighted by molar-refractivity contribution is -0.114. The SMILES string of the molecule is Cc1ccc(-c2ccc(C(=O)N3CCOC4(CCNCC4)C3)cc2)o1. The summed E-state index contributed by atoms with van der Waals surface area (Å²) in [5.74, 6) is 1.80. The molecule has 0 radical (unpaired) electrons. The molecule has 4 rings (SSSR count). The van der Waals surface area contributed by atoms with Crippen LogP contribution in [0.4, 0.5) is 0 Å². The fraction of sp³-hybridized carbons (Fsp3) is 0.450. The summed E-state index contributed by atoms with van der Waals surface area (Å²) in [6.45, 7) is 5.81. The molecule has 2 aliphatic heterocycles. The third-order valence-corrected chi connectivity index (χ3v) is 5.21. The first kappa shape index (κ1) is 16.4. The van der Waals surface area contributed by atoms with E-state index in [4.69, 9.17) is 9.15 Å². The second-order valence-corrected chi connectivity index (χ2v) is 7.00. The first-order chi connectivity index (χ1) is 12.2. The summed E-state index contributed by atoms with van der Waals surface area (Å²) in [5.41, 5.74) is 1.55. The highest BCUT2D eigenvalue weighted by Crippen LogP contribution is 2.29. The Morgan fingerprint density at radius 3 is 2.56 bits per heavy atom. The van der Waals surface area contributed by atoms with Crippen molar-refractivity contribution in [3.63, 3.8) is 0 Å². The van der Waals surface area contributed by atoms with E-state index in [0.717, 1.165) is 48.6 Å². The zero-order chi connectivity index (χ0) is 17.3. The quantitative estimate of drug-likeness (QED) is 0.913. The van der Waals surface area contributed by atoms with Gasteiger partial charge in [-0.1, -0.05) is 12.1 Å². The van der Waals surface area contributed by atoms with Gasteiger partial charge in [0.1, 0.15) is 11.5 Å². The second-order valence-electron chi connectivity index (χ2n) is 7.00. The minimum atomic E-state index is -0.162. The predicted octanol–water partition coefficient (Wildman–Crippen LogP) is 2.85. The molecule has 5 nitrogen and oxygen atoms in total. The zero-order valence-electron chi connectivity index (χ0n) is 14.6. The summed E-state index contributed by atoms with van der Waals surface area (Å²) in [7, 11) is 0. The number of carbonyl (C=O) groups is 1. The van der Waals surface area contributed by atoms with Gasteiger partial charge in [0.15, 0.2) is 0 Å². The van der Waals surface area contributed by atoms with E-state index in [-0.39, 0.29) is 11.5 Å². The monoisotopic (exact) mass is 340 g/mol. The van der Waals surface area contributed by atoms with Gasteiger partial charge in [0, 0.05) is 17.7 Å². The van der Waals surface area contributed by atoms with Crippen molar-refractivity contribution in [1.29, 1.82) is 0 Å². The Labute approximate surface area is 148 Å². The van der Waals surface area contributed by atoms with Crippen molar-refractivity contribution in [2.24, 2.45) is 0 Å². The highest BCUT2D eigenvalue weighted by atomic mass is 16.5. The maximum Gasteiger partial charge on any atom is 0.254 e. The van der Waals surface area contributed by atoms with E-state index >= 15 is 0 Å². The van der Waals surface area contributed by atoms with Crippen LogP contribution in [0, 0.1) is 6.92 Å². The molecule has 25 heavy (non-hydrogen) atoms. The minimum absolute atomic E-state index is 0.0865. The summed E-state index contributed by atoms with van der Waals surface area (Å²) in [5, 5.41) is 3.36. The number of nitrogens with zero attached hydrogens (tertiary/aromatic N) is 1. The summed E-state index contributed by atoms with van der Waals surface area (Å²) in [6, 6.07) is 11.6. The van der Waals surface area contributed by atoms with Crippen LogP contribution in [0.5, 0.6) is 0 Å². The van der Waals surface area contributed by atoms with Crippen molar-refractivity contribution in [2.45, 2.75) is 25.4 Å². The number of piperidine rings is 1. The summed E-state index contributed by atoms with van der Waals surface area (Å²) < 4.78 is 11.7. The molecule has 2 saturated heterocycles. The molecule has 3 heterocycles. The zero-order valence-corrected chi connectivity index (χ0v) is 14.6. The van der Waals surface area contributed by atoms with Crippen molar-refractivity contribution in [3.8, 4) is 11.3 Å². The van der Waals surface area contributed by atoms with E-state index in [1.54, 1.807) is 0 Å². The molecule has 1 aromatic heterocycles. The van der Waals surface area contributed by atoms with Crippen LogP contribution in [0.1, 0.15) is 29.0 Å². The number of morpholine rings is 1. The Kier molecular flexibility index (Phi) is 4.36. The van der Waals surface area contributed by atoms with Gasteiger partial charge in [-0.3, -0.25) is 4.79 Å². The van der Waals surface area contributed by atoms with Crippen LogP contribution in [0.15, 0.2) is 40.8 Å². The molecule has 0 atom stereocenters. The molecule has 1 aromatic carbocycles. The fourth-order valence-corrected chi connectivity index (χ4v) is 3.75. The Morgan fingerprint density at radius 1 is 1.12 bits per heavy atom. The molecule has 0 bridgehead atoms. The summed E-state index contributed by atoms with van der Waals surface area (Å²) >= 11 is 0. The number of ether oxygens (including phenoxy) is 1. The molecule has 1 N–H and O–H groups in total. The molecule has 2 aliphatic rings.